The zero-order valence-corrected chi connectivity index (χ0v) is 17.8. The molecule has 4 aromatic rings. The molecule has 1 amide bonds. The molecule has 0 saturated heterocycles. The highest BCUT2D eigenvalue weighted by Crippen LogP contribution is 2.27. The number of rotatable bonds is 6. The number of anilines is 1. The number of amides is 1. The van der Waals surface area contributed by atoms with Crippen molar-refractivity contribution in [1.82, 2.24) is 15.0 Å². The average Bonchev–Trinajstić information content (AvgIpc) is 3.22. The first-order valence-corrected chi connectivity index (χ1v) is 9.64. The molecular weight excluding hydrogens is 420 g/mol. The van der Waals surface area contributed by atoms with Crippen LogP contribution in [0.5, 0.6) is 17.2 Å². The van der Waals surface area contributed by atoms with Gasteiger partial charge < -0.3 is 19.5 Å². The van der Waals surface area contributed by atoms with E-state index in [4.69, 9.17) is 25.8 Å². The lowest BCUT2D eigenvalue weighted by atomic mass is 10.1. The summed E-state index contributed by atoms with van der Waals surface area (Å²) in [6, 6.07) is 15.6. The first-order valence-electron chi connectivity index (χ1n) is 9.26. The highest BCUT2D eigenvalue weighted by atomic mass is 35.5. The Morgan fingerprint density at radius 2 is 1.58 bits per heavy atom. The second-order valence-electron chi connectivity index (χ2n) is 6.57. The van der Waals surface area contributed by atoms with E-state index in [1.165, 1.54) is 19.0 Å². The van der Waals surface area contributed by atoms with Gasteiger partial charge in [0, 0.05) is 17.3 Å². The van der Waals surface area contributed by atoms with Crippen LogP contribution in [0.25, 0.3) is 16.7 Å². The average molecular weight is 439 g/mol. The zero-order chi connectivity index (χ0) is 22.0. The molecule has 1 aromatic heterocycles. The van der Waals surface area contributed by atoms with Gasteiger partial charge in [0.25, 0.3) is 5.91 Å². The van der Waals surface area contributed by atoms with Crippen LogP contribution >= 0.6 is 11.6 Å². The number of ether oxygens (including phenoxy) is 3. The second kappa shape index (κ2) is 8.53. The molecule has 0 fully saturated rings. The van der Waals surface area contributed by atoms with Crippen molar-refractivity contribution in [2.75, 3.05) is 26.6 Å². The number of nitrogens with one attached hydrogen (secondary N) is 1. The third-order valence-electron chi connectivity index (χ3n) is 4.62. The standard InChI is InChI=1S/C22H19ClN4O4/c1-29-16-8-13(9-17(12-16)30-2)22(28)24-14-4-6-19-20(10-14)26-27(25-19)15-5-7-21(31-3)18(23)11-15/h4-12H,1-3H3,(H,24,28). The van der Waals surface area contributed by atoms with E-state index in [0.717, 1.165) is 0 Å². The summed E-state index contributed by atoms with van der Waals surface area (Å²) in [5, 5.41) is 12.3. The first kappa shape index (κ1) is 20.5. The predicted molar refractivity (Wildman–Crippen MR) is 118 cm³/mol. The SMILES string of the molecule is COc1cc(OC)cc(C(=O)Nc2ccc3nn(-c4ccc(OC)c(Cl)c4)nc3c2)c1. The summed E-state index contributed by atoms with van der Waals surface area (Å²) in [7, 11) is 4.62. The number of benzene rings is 3. The van der Waals surface area contributed by atoms with E-state index in [1.807, 2.05) is 6.07 Å². The molecule has 1 N–H and O–H groups in total. The van der Waals surface area contributed by atoms with Gasteiger partial charge in [-0.1, -0.05) is 11.6 Å². The topological polar surface area (TPSA) is 87.5 Å². The summed E-state index contributed by atoms with van der Waals surface area (Å²) in [4.78, 5) is 14.2. The number of nitrogens with zero attached hydrogens (tertiary/aromatic N) is 3. The van der Waals surface area contributed by atoms with Gasteiger partial charge in [-0.05, 0) is 48.5 Å². The summed E-state index contributed by atoms with van der Waals surface area (Å²) in [6.07, 6.45) is 0. The summed E-state index contributed by atoms with van der Waals surface area (Å²) in [5.74, 6) is 1.33. The van der Waals surface area contributed by atoms with E-state index in [1.54, 1.807) is 55.6 Å². The monoisotopic (exact) mass is 438 g/mol. The van der Waals surface area contributed by atoms with Crippen LogP contribution in [-0.4, -0.2) is 42.2 Å². The number of hydrogen-bond donors (Lipinski definition) is 1. The van der Waals surface area contributed by atoms with Gasteiger partial charge in [-0.25, -0.2) is 0 Å². The molecule has 31 heavy (non-hydrogen) atoms. The minimum absolute atomic E-state index is 0.300. The van der Waals surface area contributed by atoms with E-state index >= 15 is 0 Å². The molecule has 0 atom stereocenters. The van der Waals surface area contributed by atoms with Gasteiger partial charge in [0.15, 0.2) is 0 Å². The molecule has 4 rings (SSSR count). The summed E-state index contributed by atoms with van der Waals surface area (Å²) in [6.45, 7) is 0. The van der Waals surface area contributed by atoms with Gasteiger partial charge in [-0.2, -0.15) is 4.80 Å². The number of carbonyl (C=O) groups is 1. The van der Waals surface area contributed by atoms with E-state index in [9.17, 15) is 4.79 Å². The fraction of sp³-hybridized carbons (Fsp3) is 0.136. The fourth-order valence-corrected chi connectivity index (χ4v) is 3.28. The van der Waals surface area contributed by atoms with Crippen molar-refractivity contribution in [3.05, 3.63) is 65.2 Å². The van der Waals surface area contributed by atoms with Crippen molar-refractivity contribution in [2.24, 2.45) is 0 Å². The van der Waals surface area contributed by atoms with E-state index < -0.39 is 0 Å². The predicted octanol–water partition coefficient (Wildman–Crippen LogP) is 4.35. The molecule has 3 aromatic carbocycles. The lowest BCUT2D eigenvalue weighted by Crippen LogP contribution is -2.12. The number of carbonyl (C=O) groups excluding carboxylic acids is 1. The van der Waals surface area contributed by atoms with Gasteiger partial charge in [0.2, 0.25) is 0 Å². The smallest absolute Gasteiger partial charge is 0.255 e. The Morgan fingerprint density at radius 1 is 0.871 bits per heavy atom. The third-order valence-corrected chi connectivity index (χ3v) is 4.91. The molecule has 0 bridgehead atoms. The Balaban J connectivity index is 1.60. The maximum Gasteiger partial charge on any atom is 0.255 e. The maximum absolute atomic E-state index is 12.7. The van der Waals surface area contributed by atoms with Crippen LogP contribution in [0.15, 0.2) is 54.6 Å². The number of aromatic nitrogens is 3. The van der Waals surface area contributed by atoms with Crippen LogP contribution in [0.1, 0.15) is 10.4 Å². The third kappa shape index (κ3) is 4.24. The number of methoxy groups -OCH3 is 3. The molecule has 0 saturated carbocycles. The van der Waals surface area contributed by atoms with Crippen LogP contribution in [-0.2, 0) is 0 Å². The van der Waals surface area contributed by atoms with E-state index in [-0.39, 0.29) is 5.91 Å². The summed E-state index contributed by atoms with van der Waals surface area (Å²) >= 11 is 6.20. The van der Waals surface area contributed by atoms with E-state index in [0.29, 0.717) is 50.2 Å². The molecule has 0 unspecified atom stereocenters. The minimum atomic E-state index is -0.300. The van der Waals surface area contributed by atoms with Crippen molar-refractivity contribution in [3.8, 4) is 22.9 Å². The van der Waals surface area contributed by atoms with Crippen molar-refractivity contribution in [1.29, 1.82) is 0 Å². The lowest BCUT2D eigenvalue weighted by Gasteiger charge is -2.09. The number of halogens is 1. The first-order chi connectivity index (χ1) is 15.0. The molecule has 9 heteroatoms. The molecule has 158 valence electrons. The molecule has 1 heterocycles. The highest BCUT2D eigenvalue weighted by molar-refractivity contribution is 6.32. The van der Waals surface area contributed by atoms with Gasteiger partial charge in [0.1, 0.15) is 28.3 Å². The molecule has 8 nitrogen and oxygen atoms in total. The Kier molecular flexibility index (Phi) is 5.64. The molecule has 0 aliphatic heterocycles. The minimum Gasteiger partial charge on any atom is -0.497 e. The summed E-state index contributed by atoms with van der Waals surface area (Å²) < 4.78 is 15.6. The van der Waals surface area contributed by atoms with Gasteiger partial charge >= 0.3 is 0 Å². The van der Waals surface area contributed by atoms with Crippen molar-refractivity contribution in [2.45, 2.75) is 0 Å². The van der Waals surface area contributed by atoms with Crippen LogP contribution in [0.4, 0.5) is 5.69 Å². The largest absolute Gasteiger partial charge is 0.497 e. The lowest BCUT2D eigenvalue weighted by molar-refractivity contribution is 0.102. The molecule has 0 radical (unpaired) electrons. The zero-order valence-electron chi connectivity index (χ0n) is 17.0. The molecule has 0 aliphatic carbocycles. The number of fused-ring (bicyclic) bond motifs is 1. The Morgan fingerprint density at radius 3 is 2.23 bits per heavy atom. The van der Waals surface area contributed by atoms with Gasteiger partial charge in [-0.15, -0.1) is 10.2 Å². The van der Waals surface area contributed by atoms with Gasteiger partial charge in [0.05, 0.1) is 32.0 Å². The molecule has 0 aliphatic rings. The van der Waals surface area contributed by atoms with Crippen molar-refractivity contribution >= 4 is 34.2 Å². The highest BCUT2D eigenvalue weighted by Gasteiger charge is 2.12. The second-order valence-corrected chi connectivity index (χ2v) is 6.97. The maximum atomic E-state index is 12.7. The molecule has 0 spiro atoms. The van der Waals surface area contributed by atoms with E-state index in [2.05, 4.69) is 15.5 Å². The molecular formula is C22H19ClN4O4. The Hall–Kier alpha value is -3.78. The van der Waals surface area contributed by atoms with Crippen LogP contribution in [0, 0.1) is 0 Å². The summed E-state index contributed by atoms with van der Waals surface area (Å²) in [5.41, 5.74) is 2.98. The Labute approximate surface area is 183 Å². The van der Waals surface area contributed by atoms with Gasteiger partial charge in [-0.3, -0.25) is 4.79 Å². The Bertz CT molecular complexity index is 1250. The fourth-order valence-electron chi connectivity index (χ4n) is 3.03. The van der Waals surface area contributed by atoms with Crippen LogP contribution in [0.3, 0.4) is 0 Å². The normalized spacial score (nSPS) is 10.7. The van der Waals surface area contributed by atoms with Crippen molar-refractivity contribution < 1.29 is 19.0 Å². The van der Waals surface area contributed by atoms with Crippen LogP contribution < -0.4 is 19.5 Å². The quantitative estimate of drug-likeness (QED) is 0.481. The van der Waals surface area contributed by atoms with Crippen molar-refractivity contribution in [3.63, 3.8) is 0 Å². The number of hydrogen-bond acceptors (Lipinski definition) is 6. The van der Waals surface area contributed by atoms with Crippen LogP contribution in [0.2, 0.25) is 5.02 Å².